The first-order valence-corrected chi connectivity index (χ1v) is 8.45. The summed E-state index contributed by atoms with van der Waals surface area (Å²) < 4.78 is 11.4. The van der Waals surface area contributed by atoms with Gasteiger partial charge in [0.1, 0.15) is 5.75 Å². The van der Waals surface area contributed by atoms with Gasteiger partial charge in [0.15, 0.2) is 0 Å². The molecule has 0 radical (unpaired) electrons. The Bertz CT molecular complexity index is 568. The molecule has 1 aliphatic carbocycles. The first-order valence-electron chi connectivity index (χ1n) is 8.45. The van der Waals surface area contributed by atoms with Crippen molar-refractivity contribution in [3.8, 4) is 5.75 Å². The number of nitrogens with one attached hydrogen (secondary N) is 1. The van der Waals surface area contributed by atoms with E-state index >= 15 is 0 Å². The molecule has 1 fully saturated rings. The van der Waals surface area contributed by atoms with E-state index in [2.05, 4.69) is 36.5 Å². The van der Waals surface area contributed by atoms with Gasteiger partial charge in [-0.25, -0.2) is 0 Å². The quantitative estimate of drug-likeness (QED) is 0.821. The van der Waals surface area contributed by atoms with Crippen LogP contribution in [0.25, 0.3) is 0 Å². The van der Waals surface area contributed by atoms with Crippen LogP contribution in [0.4, 0.5) is 0 Å². The molecule has 0 spiro atoms. The van der Waals surface area contributed by atoms with Gasteiger partial charge in [-0.05, 0) is 37.8 Å². The minimum absolute atomic E-state index is 0.0976. The SMILES string of the molecule is Cc1ccc(CNC(=O)C2CC=CC2)c(OCC2CCOC2)c1. The van der Waals surface area contributed by atoms with Crippen LogP contribution in [-0.4, -0.2) is 25.7 Å². The predicted octanol–water partition coefficient (Wildman–Crippen LogP) is 2.99. The fourth-order valence-corrected chi connectivity index (χ4v) is 3.02. The maximum Gasteiger partial charge on any atom is 0.224 e. The highest BCUT2D eigenvalue weighted by molar-refractivity contribution is 5.79. The van der Waals surface area contributed by atoms with Crippen LogP contribution < -0.4 is 10.1 Å². The van der Waals surface area contributed by atoms with Crippen LogP contribution in [0, 0.1) is 18.8 Å². The first-order chi connectivity index (χ1) is 11.2. The maximum atomic E-state index is 12.2. The minimum Gasteiger partial charge on any atom is -0.493 e. The summed E-state index contributed by atoms with van der Waals surface area (Å²) in [6.07, 6.45) is 6.92. The molecule has 1 aliphatic heterocycles. The third kappa shape index (κ3) is 4.35. The molecular formula is C19H25NO3. The van der Waals surface area contributed by atoms with Gasteiger partial charge >= 0.3 is 0 Å². The molecule has 0 saturated carbocycles. The molecule has 23 heavy (non-hydrogen) atoms. The Balaban J connectivity index is 1.57. The smallest absolute Gasteiger partial charge is 0.224 e. The summed E-state index contributed by atoms with van der Waals surface area (Å²) in [7, 11) is 0. The summed E-state index contributed by atoms with van der Waals surface area (Å²) in [6, 6.07) is 6.15. The van der Waals surface area contributed by atoms with E-state index in [1.165, 1.54) is 0 Å². The van der Waals surface area contributed by atoms with Gasteiger partial charge in [0.2, 0.25) is 5.91 Å². The average Bonchev–Trinajstić information content (AvgIpc) is 3.25. The summed E-state index contributed by atoms with van der Waals surface area (Å²) in [6.45, 7) is 4.87. The van der Waals surface area contributed by atoms with Gasteiger partial charge in [0, 0.05) is 30.6 Å². The van der Waals surface area contributed by atoms with E-state index in [0.29, 0.717) is 19.1 Å². The van der Waals surface area contributed by atoms with Crippen molar-refractivity contribution in [2.24, 2.45) is 11.8 Å². The summed E-state index contributed by atoms with van der Waals surface area (Å²) in [5, 5.41) is 3.05. The molecule has 2 aliphatic rings. The fourth-order valence-electron chi connectivity index (χ4n) is 3.02. The van der Waals surface area contributed by atoms with Gasteiger partial charge in [-0.3, -0.25) is 4.79 Å². The van der Waals surface area contributed by atoms with E-state index in [-0.39, 0.29) is 11.8 Å². The molecular weight excluding hydrogens is 290 g/mol. The van der Waals surface area contributed by atoms with Gasteiger partial charge in [-0.15, -0.1) is 0 Å². The number of allylic oxidation sites excluding steroid dienone is 2. The normalized spacial score (nSPS) is 20.8. The molecule has 1 N–H and O–H groups in total. The Morgan fingerprint density at radius 2 is 2.17 bits per heavy atom. The molecule has 4 heteroatoms. The third-order valence-corrected chi connectivity index (χ3v) is 4.55. The molecule has 1 aromatic rings. The zero-order valence-electron chi connectivity index (χ0n) is 13.7. The van der Waals surface area contributed by atoms with E-state index in [1.807, 2.05) is 6.07 Å². The van der Waals surface area contributed by atoms with Crippen molar-refractivity contribution in [3.63, 3.8) is 0 Å². The topological polar surface area (TPSA) is 47.6 Å². The summed E-state index contributed by atoms with van der Waals surface area (Å²) >= 11 is 0. The van der Waals surface area contributed by atoms with Crippen LogP contribution in [0.5, 0.6) is 5.75 Å². The van der Waals surface area contributed by atoms with E-state index in [9.17, 15) is 4.79 Å². The van der Waals surface area contributed by atoms with Crippen LogP contribution in [0.3, 0.4) is 0 Å². The molecule has 1 heterocycles. The predicted molar refractivity (Wildman–Crippen MR) is 89.3 cm³/mol. The van der Waals surface area contributed by atoms with Crippen molar-refractivity contribution < 1.29 is 14.3 Å². The van der Waals surface area contributed by atoms with E-state index in [0.717, 1.165) is 49.4 Å². The Kier molecular flexibility index (Phi) is 5.34. The zero-order chi connectivity index (χ0) is 16.1. The van der Waals surface area contributed by atoms with Crippen LogP contribution >= 0.6 is 0 Å². The molecule has 0 bridgehead atoms. The molecule has 0 aromatic heterocycles. The molecule has 1 amide bonds. The second-order valence-corrected chi connectivity index (χ2v) is 6.51. The first kappa shape index (κ1) is 16.1. The summed E-state index contributed by atoms with van der Waals surface area (Å²) in [5.74, 6) is 1.58. The third-order valence-electron chi connectivity index (χ3n) is 4.55. The molecule has 1 saturated heterocycles. The zero-order valence-corrected chi connectivity index (χ0v) is 13.7. The molecule has 1 aromatic carbocycles. The van der Waals surface area contributed by atoms with Crippen molar-refractivity contribution in [2.45, 2.75) is 32.7 Å². The Hall–Kier alpha value is -1.81. The fraction of sp³-hybridized carbons (Fsp3) is 0.526. The lowest BCUT2D eigenvalue weighted by Gasteiger charge is -2.16. The van der Waals surface area contributed by atoms with Gasteiger partial charge in [0.25, 0.3) is 0 Å². The lowest BCUT2D eigenvalue weighted by atomic mass is 10.1. The molecule has 4 nitrogen and oxygen atoms in total. The molecule has 3 rings (SSSR count). The minimum atomic E-state index is 0.0976. The molecule has 124 valence electrons. The van der Waals surface area contributed by atoms with Crippen LogP contribution in [0.2, 0.25) is 0 Å². The van der Waals surface area contributed by atoms with Crippen molar-refractivity contribution in [1.29, 1.82) is 0 Å². The number of aryl methyl sites for hydroxylation is 1. The Morgan fingerprint density at radius 3 is 2.91 bits per heavy atom. The lowest BCUT2D eigenvalue weighted by Crippen LogP contribution is -2.29. The van der Waals surface area contributed by atoms with Gasteiger partial charge in [-0.1, -0.05) is 24.3 Å². The van der Waals surface area contributed by atoms with Crippen molar-refractivity contribution in [3.05, 3.63) is 41.5 Å². The largest absolute Gasteiger partial charge is 0.493 e. The van der Waals surface area contributed by atoms with Gasteiger partial charge in [-0.2, -0.15) is 0 Å². The average molecular weight is 315 g/mol. The number of ether oxygens (including phenoxy) is 2. The highest BCUT2D eigenvalue weighted by Crippen LogP contribution is 2.23. The molecule has 1 atom stereocenters. The van der Waals surface area contributed by atoms with E-state index in [4.69, 9.17) is 9.47 Å². The number of hydrogen-bond acceptors (Lipinski definition) is 3. The van der Waals surface area contributed by atoms with Gasteiger partial charge < -0.3 is 14.8 Å². The number of benzene rings is 1. The monoisotopic (exact) mass is 315 g/mol. The second-order valence-electron chi connectivity index (χ2n) is 6.51. The van der Waals surface area contributed by atoms with Crippen molar-refractivity contribution in [2.75, 3.05) is 19.8 Å². The summed E-state index contributed by atoms with van der Waals surface area (Å²) in [5.41, 5.74) is 2.20. The van der Waals surface area contributed by atoms with E-state index < -0.39 is 0 Å². The number of carbonyl (C=O) groups is 1. The number of hydrogen-bond donors (Lipinski definition) is 1. The Morgan fingerprint density at radius 1 is 1.35 bits per heavy atom. The van der Waals surface area contributed by atoms with Crippen LogP contribution in [0.1, 0.15) is 30.4 Å². The van der Waals surface area contributed by atoms with Crippen molar-refractivity contribution >= 4 is 5.91 Å². The lowest BCUT2D eigenvalue weighted by molar-refractivity contribution is -0.124. The van der Waals surface area contributed by atoms with Gasteiger partial charge in [0.05, 0.1) is 13.2 Å². The maximum absolute atomic E-state index is 12.2. The Labute approximate surface area is 137 Å². The number of amides is 1. The molecule has 1 unspecified atom stereocenters. The van der Waals surface area contributed by atoms with Crippen molar-refractivity contribution in [1.82, 2.24) is 5.32 Å². The van der Waals surface area contributed by atoms with E-state index in [1.54, 1.807) is 0 Å². The summed E-state index contributed by atoms with van der Waals surface area (Å²) in [4.78, 5) is 12.2. The second kappa shape index (κ2) is 7.64. The van der Waals surface area contributed by atoms with Crippen LogP contribution in [-0.2, 0) is 16.1 Å². The highest BCUT2D eigenvalue weighted by atomic mass is 16.5. The van der Waals surface area contributed by atoms with Crippen LogP contribution in [0.15, 0.2) is 30.4 Å². The number of carbonyl (C=O) groups excluding carboxylic acids is 1. The highest BCUT2D eigenvalue weighted by Gasteiger charge is 2.20. The standard InChI is InChI=1S/C19H25NO3/c1-14-6-7-17(11-20-19(21)16-4-2-3-5-16)18(10-14)23-13-15-8-9-22-12-15/h2-3,6-7,10,15-16H,4-5,8-9,11-13H2,1H3,(H,20,21). The number of rotatable bonds is 6.